The van der Waals surface area contributed by atoms with Crippen LogP contribution in [0.2, 0.25) is 0 Å². The van der Waals surface area contributed by atoms with Crippen LogP contribution in [0.25, 0.3) is 0 Å². The summed E-state index contributed by atoms with van der Waals surface area (Å²) >= 11 is 3.20. The Morgan fingerprint density at radius 1 is 1.33 bits per heavy atom. The van der Waals surface area contributed by atoms with E-state index in [1.807, 2.05) is 13.1 Å². The van der Waals surface area contributed by atoms with Crippen LogP contribution in [-0.2, 0) is 6.54 Å². The number of nitrogens with one attached hydrogen (secondary N) is 1. The van der Waals surface area contributed by atoms with Crippen molar-refractivity contribution in [2.45, 2.75) is 6.54 Å². The second-order valence-electron chi connectivity index (χ2n) is 3.69. The van der Waals surface area contributed by atoms with Crippen molar-refractivity contribution in [3.63, 3.8) is 0 Å². The van der Waals surface area contributed by atoms with E-state index in [0.717, 1.165) is 5.56 Å². The van der Waals surface area contributed by atoms with Gasteiger partial charge < -0.3 is 10.1 Å². The number of halogens is 2. The van der Waals surface area contributed by atoms with E-state index in [4.69, 9.17) is 4.74 Å². The van der Waals surface area contributed by atoms with Crippen LogP contribution < -0.4 is 10.1 Å². The van der Waals surface area contributed by atoms with Gasteiger partial charge in [-0.3, -0.25) is 4.98 Å². The highest BCUT2D eigenvalue weighted by molar-refractivity contribution is 9.10. The Bertz CT molecular complexity index is 548. The second-order valence-corrected chi connectivity index (χ2v) is 4.61. The van der Waals surface area contributed by atoms with E-state index in [9.17, 15) is 4.39 Å². The Labute approximate surface area is 113 Å². The summed E-state index contributed by atoms with van der Waals surface area (Å²) in [6.45, 7) is 0.635. The van der Waals surface area contributed by atoms with Gasteiger partial charge in [-0.25, -0.2) is 4.39 Å². The second kappa shape index (κ2) is 5.93. The molecule has 1 N–H and O–H groups in total. The minimum atomic E-state index is -0.413. The van der Waals surface area contributed by atoms with E-state index in [1.165, 1.54) is 6.07 Å². The molecule has 1 heterocycles. The lowest BCUT2D eigenvalue weighted by Gasteiger charge is -2.10. The monoisotopic (exact) mass is 310 g/mol. The van der Waals surface area contributed by atoms with E-state index < -0.39 is 5.82 Å². The third kappa shape index (κ3) is 3.05. The highest BCUT2D eigenvalue weighted by atomic mass is 79.9. The normalized spacial score (nSPS) is 10.4. The van der Waals surface area contributed by atoms with Gasteiger partial charge in [0.15, 0.2) is 11.6 Å². The fourth-order valence-corrected chi connectivity index (χ4v) is 1.85. The molecule has 2 rings (SSSR count). The van der Waals surface area contributed by atoms with E-state index >= 15 is 0 Å². The molecule has 3 nitrogen and oxygen atoms in total. The number of nitrogens with zero attached hydrogens (tertiary/aromatic N) is 1. The van der Waals surface area contributed by atoms with Crippen molar-refractivity contribution in [1.29, 1.82) is 0 Å². The van der Waals surface area contributed by atoms with Crippen LogP contribution in [0.15, 0.2) is 41.1 Å². The smallest absolute Gasteiger partial charge is 0.166 e. The van der Waals surface area contributed by atoms with Crippen molar-refractivity contribution < 1.29 is 9.13 Å². The van der Waals surface area contributed by atoms with Gasteiger partial charge in [-0.2, -0.15) is 0 Å². The van der Waals surface area contributed by atoms with Gasteiger partial charge in [-0.15, -0.1) is 0 Å². The molecule has 0 spiro atoms. The quantitative estimate of drug-likeness (QED) is 0.938. The third-order valence-corrected chi connectivity index (χ3v) is 2.84. The van der Waals surface area contributed by atoms with Gasteiger partial charge in [0.2, 0.25) is 0 Å². The van der Waals surface area contributed by atoms with Crippen molar-refractivity contribution in [3.8, 4) is 11.5 Å². The van der Waals surface area contributed by atoms with E-state index in [-0.39, 0.29) is 5.75 Å². The number of ether oxygens (including phenoxy) is 1. The van der Waals surface area contributed by atoms with Crippen molar-refractivity contribution in [3.05, 3.63) is 52.5 Å². The summed E-state index contributed by atoms with van der Waals surface area (Å²) in [4.78, 5) is 3.99. The largest absolute Gasteiger partial charge is 0.452 e. The van der Waals surface area contributed by atoms with E-state index in [2.05, 4.69) is 26.2 Å². The summed E-state index contributed by atoms with van der Waals surface area (Å²) in [5, 5.41) is 3.02. The minimum Gasteiger partial charge on any atom is -0.452 e. The molecule has 0 unspecified atom stereocenters. The van der Waals surface area contributed by atoms with Crippen molar-refractivity contribution in [1.82, 2.24) is 10.3 Å². The van der Waals surface area contributed by atoms with Crippen molar-refractivity contribution in [2.75, 3.05) is 7.05 Å². The summed E-state index contributed by atoms with van der Waals surface area (Å²) in [7, 11) is 1.84. The lowest BCUT2D eigenvalue weighted by atomic mass is 10.2. The van der Waals surface area contributed by atoms with Crippen LogP contribution in [0.3, 0.4) is 0 Å². The van der Waals surface area contributed by atoms with Gasteiger partial charge in [-0.1, -0.05) is 15.9 Å². The van der Waals surface area contributed by atoms with Crippen LogP contribution in [0, 0.1) is 5.82 Å². The zero-order valence-electron chi connectivity index (χ0n) is 9.78. The average Bonchev–Trinajstić information content (AvgIpc) is 2.35. The summed E-state index contributed by atoms with van der Waals surface area (Å²) < 4.78 is 19.9. The predicted octanol–water partition coefficient (Wildman–Crippen LogP) is 3.49. The predicted molar refractivity (Wildman–Crippen MR) is 71.2 cm³/mol. The van der Waals surface area contributed by atoms with E-state index in [1.54, 1.807) is 24.5 Å². The molecule has 0 aliphatic carbocycles. The first-order valence-electron chi connectivity index (χ1n) is 5.41. The lowest BCUT2D eigenvalue weighted by Crippen LogP contribution is -2.06. The summed E-state index contributed by atoms with van der Waals surface area (Å²) in [6.07, 6.45) is 3.26. The molecule has 94 valence electrons. The Hall–Kier alpha value is -1.46. The molecule has 1 aromatic heterocycles. The molecular formula is C13H12BrFN2O. The molecular weight excluding hydrogens is 299 g/mol. The summed E-state index contributed by atoms with van der Waals surface area (Å²) in [5.41, 5.74) is 0.926. The zero-order chi connectivity index (χ0) is 13.0. The SMILES string of the molecule is CNCc1ccncc1Oc1ccc(Br)cc1F. The number of rotatable bonds is 4. The van der Waals surface area contributed by atoms with Gasteiger partial charge in [0.1, 0.15) is 5.75 Å². The maximum absolute atomic E-state index is 13.7. The highest BCUT2D eigenvalue weighted by Gasteiger charge is 2.08. The van der Waals surface area contributed by atoms with Gasteiger partial charge in [-0.05, 0) is 31.3 Å². The van der Waals surface area contributed by atoms with Gasteiger partial charge >= 0.3 is 0 Å². The van der Waals surface area contributed by atoms with Crippen LogP contribution in [0.4, 0.5) is 4.39 Å². The Morgan fingerprint density at radius 3 is 2.89 bits per heavy atom. The number of hydrogen-bond donors (Lipinski definition) is 1. The lowest BCUT2D eigenvalue weighted by molar-refractivity contribution is 0.434. The van der Waals surface area contributed by atoms with Gasteiger partial charge in [0.25, 0.3) is 0 Å². The van der Waals surface area contributed by atoms with Crippen LogP contribution in [0.5, 0.6) is 11.5 Å². The Morgan fingerprint density at radius 2 is 2.17 bits per heavy atom. The van der Waals surface area contributed by atoms with Gasteiger partial charge in [0, 0.05) is 22.8 Å². The number of pyridine rings is 1. The minimum absolute atomic E-state index is 0.184. The maximum atomic E-state index is 13.7. The summed E-state index contributed by atoms with van der Waals surface area (Å²) in [6, 6.07) is 6.51. The molecule has 0 amide bonds. The molecule has 0 aliphatic rings. The molecule has 1 aromatic carbocycles. The van der Waals surface area contributed by atoms with Crippen molar-refractivity contribution >= 4 is 15.9 Å². The topological polar surface area (TPSA) is 34.2 Å². The number of aromatic nitrogens is 1. The van der Waals surface area contributed by atoms with Crippen LogP contribution in [-0.4, -0.2) is 12.0 Å². The molecule has 0 radical (unpaired) electrons. The van der Waals surface area contributed by atoms with Crippen LogP contribution in [0.1, 0.15) is 5.56 Å². The molecule has 5 heteroatoms. The Kier molecular flexibility index (Phi) is 4.28. The van der Waals surface area contributed by atoms with Crippen molar-refractivity contribution in [2.24, 2.45) is 0 Å². The van der Waals surface area contributed by atoms with Gasteiger partial charge in [0.05, 0.1) is 6.20 Å². The zero-order valence-corrected chi connectivity index (χ0v) is 11.4. The first-order valence-corrected chi connectivity index (χ1v) is 6.20. The number of hydrogen-bond acceptors (Lipinski definition) is 3. The standard InChI is InChI=1S/C13H12BrFN2O/c1-16-7-9-4-5-17-8-13(9)18-12-3-2-10(14)6-11(12)15/h2-6,8,16H,7H2,1H3. The third-order valence-electron chi connectivity index (χ3n) is 2.35. The molecule has 0 saturated carbocycles. The molecule has 2 aromatic rings. The summed E-state index contributed by atoms with van der Waals surface area (Å²) in [5.74, 6) is 0.320. The first kappa shape index (κ1) is 13.0. The fourth-order valence-electron chi connectivity index (χ4n) is 1.51. The molecule has 0 aliphatic heterocycles. The van der Waals surface area contributed by atoms with E-state index in [0.29, 0.717) is 16.8 Å². The highest BCUT2D eigenvalue weighted by Crippen LogP contribution is 2.28. The molecule has 0 saturated heterocycles. The van der Waals surface area contributed by atoms with Crippen LogP contribution >= 0.6 is 15.9 Å². The molecule has 0 bridgehead atoms. The molecule has 0 atom stereocenters. The Balaban J connectivity index is 2.28. The first-order chi connectivity index (χ1) is 8.70. The molecule has 0 fully saturated rings. The maximum Gasteiger partial charge on any atom is 0.166 e. The fraction of sp³-hybridized carbons (Fsp3) is 0.154. The molecule has 18 heavy (non-hydrogen) atoms. The number of benzene rings is 1. The average molecular weight is 311 g/mol.